The number of methoxy groups -OCH3 is 1. The van der Waals surface area contributed by atoms with Crippen LogP contribution >= 0.6 is 11.3 Å². The van der Waals surface area contributed by atoms with Crippen LogP contribution in [0, 0.1) is 0 Å². The van der Waals surface area contributed by atoms with Crippen molar-refractivity contribution in [1.82, 2.24) is 4.98 Å². The second-order valence-electron chi connectivity index (χ2n) is 5.96. The first-order valence-corrected chi connectivity index (χ1v) is 9.37. The average Bonchev–Trinajstić information content (AvgIpc) is 3.16. The Morgan fingerprint density at radius 3 is 2.89 bits per heavy atom. The van der Waals surface area contributed by atoms with Crippen molar-refractivity contribution in [1.29, 1.82) is 0 Å². The van der Waals surface area contributed by atoms with E-state index in [0.29, 0.717) is 30.4 Å². The zero-order chi connectivity index (χ0) is 18.6. The highest BCUT2D eigenvalue weighted by molar-refractivity contribution is 7.13. The Morgan fingerprint density at radius 2 is 2.04 bits per heavy atom. The van der Waals surface area contributed by atoms with Crippen LogP contribution in [0.4, 0.5) is 5.69 Å². The maximum atomic E-state index is 12.4. The van der Waals surface area contributed by atoms with Gasteiger partial charge >= 0.3 is 0 Å². The van der Waals surface area contributed by atoms with Gasteiger partial charge in [0.15, 0.2) is 11.5 Å². The number of thiazole rings is 1. The van der Waals surface area contributed by atoms with Gasteiger partial charge in [0.05, 0.1) is 19.2 Å². The molecule has 138 valence electrons. The lowest BCUT2D eigenvalue weighted by Crippen LogP contribution is -2.17. The van der Waals surface area contributed by atoms with Crippen LogP contribution in [0.3, 0.4) is 0 Å². The summed E-state index contributed by atoms with van der Waals surface area (Å²) in [6.45, 7) is 1.05. The number of benzene rings is 2. The summed E-state index contributed by atoms with van der Waals surface area (Å²) in [5.74, 6) is 1.99. The van der Waals surface area contributed by atoms with Crippen LogP contribution in [0.25, 0.3) is 10.6 Å². The quantitative estimate of drug-likeness (QED) is 0.727. The predicted octanol–water partition coefficient (Wildman–Crippen LogP) is 3.77. The van der Waals surface area contributed by atoms with E-state index in [2.05, 4.69) is 10.3 Å². The van der Waals surface area contributed by atoms with Gasteiger partial charge in [0.25, 0.3) is 0 Å². The first-order valence-electron chi connectivity index (χ1n) is 8.49. The van der Waals surface area contributed by atoms with E-state index >= 15 is 0 Å². The third-order valence-electron chi connectivity index (χ3n) is 4.04. The van der Waals surface area contributed by atoms with Crippen molar-refractivity contribution in [2.24, 2.45) is 0 Å². The number of amides is 1. The third-order valence-corrected chi connectivity index (χ3v) is 4.98. The second kappa shape index (κ2) is 7.67. The summed E-state index contributed by atoms with van der Waals surface area (Å²) in [5, 5.41) is 5.64. The van der Waals surface area contributed by atoms with Gasteiger partial charge in [-0.1, -0.05) is 12.1 Å². The largest absolute Gasteiger partial charge is 0.497 e. The highest BCUT2D eigenvalue weighted by Crippen LogP contribution is 2.32. The molecule has 1 aliphatic rings. The zero-order valence-electron chi connectivity index (χ0n) is 14.7. The van der Waals surface area contributed by atoms with Crippen LogP contribution in [0.1, 0.15) is 5.69 Å². The van der Waals surface area contributed by atoms with E-state index in [1.54, 1.807) is 25.3 Å². The molecule has 27 heavy (non-hydrogen) atoms. The van der Waals surface area contributed by atoms with Crippen LogP contribution < -0.4 is 19.5 Å². The molecule has 0 spiro atoms. The minimum Gasteiger partial charge on any atom is -0.497 e. The number of carbonyl (C=O) groups excluding carboxylic acids is 1. The molecule has 1 aromatic heterocycles. The van der Waals surface area contributed by atoms with Gasteiger partial charge in [-0.3, -0.25) is 4.79 Å². The van der Waals surface area contributed by atoms with Gasteiger partial charge in [0.1, 0.15) is 24.0 Å². The molecule has 0 radical (unpaired) electrons. The molecule has 1 N–H and O–H groups in total. The van der Waals surface area contributed by atoms with E-state index in [9.17, 15) is 4.79 Å². The lowest BCUT2D eigenvalue weighted by molar-refractivity contribution is -0.115. The van der Waals surface area contributed by atoms with Gasteiger partial charge in [0.2, 0.25) is 5.91 Å². The Morgan fingerprint density at radius 1 is 1.19 bits per heavy atom. The highest BCUT2D eigenvalue weighted by atomic mass is 32.1. The van der Waals surface area contributed by atoms with E-state index in [1.807, 2.05) is 29.6 Å². The van der Waals surface area contributed by atoms with Crippen LogP contribution in [0.2, 0.25) is 0 Å². The summed E-state index contributed by atoms with van der Waals surface area (Å²) in [7, 11) is 1.63. The van der Waals surface area contributed by atoms with E-state index in [4.69, 9.17) is 14.2 Å². The van der Waals surface area contributed by atoms with E-state index in [-0.39, 0.29) is 12.3 Å². The minimum absolute atomic E-state index is 0.130. The average molecular weight is 382 g/mol. The maximum Gasteiger partial charge on any atom is 0.230 e. The van der Waals surface area contributed by atoms with Crippen molar-refractivity contribution in [3.8, 4) is 27.8 Å². The molecule has 1 amide bonds. The van der Waals surface area contributed by atoms with Crippen molar-refractivity contribution in [3.63, 3.8) is 0 Å². The maximum absolute atomic E-state index is 12.4. The predicted molar refractivity (Wildman–Crippen MR) is 104 cm³/mol. The molecule has 3 aromatic rings. The standard InChI is InChI=1S/C20H18N2O4S/c1-24-16-4-2-3-13(9-16)20-22-15(12-27-20)11-19(23)21-14-5-6-17-18(10-14)26-8-7-25-17/h2-6,9-10,12H,7-8,11H2,1H3,(H,21,23). The van der Waals surface area contributed by atoms with E-state index in [0.717, 1.165) is 22.0 Å². The SMILES string of the molecule is COc1cccc(-c2nc(CC(=O)Nc3ccc4c(c3)OCCO4)cs2)c1. The van der Waals surface area contributed by atoms with Gasteiger partial charge in [-0.25, -0.2) is 4.98 Å². The molecule has 6 nitrogen and oxygen atoms in total. The fourth-order valence-electron chi connectivity index (χ4n) is 2.77. The lowest BCUT2D eigenvalue weighted by atomic mass is 10.2. The number of hydrogen-bond acceptors (Lipinski definition) is 6. The Labute approximate surface area is 160 Å². The van der Waals surface area contributed by atoms with Crippen molar-refractivity contribution in [2.45, 2.75) is 6.42 Å². The number of carbonyl (C=O) groups is 1. The van der Waals surface area contributed by atoms with Crippen LogP contribution in [-0.2, 0) is 11.2 Å². The summed E-state index contributed by atoms with van der Waals surface area (Å²) in [5.41, 5.74) is 2.37. The van der Waals surface area contributed by atoms with E-state index in [1.165, 1.54) is 11.3 Å². The number of aromatic nitrogens is 1. The van der Waals surface area contributed by atoms with Crippen molar-refractivity contribution >= 4 is 22.9 Å². The molecule has 0 saturated heterocycles. The lowest BCUT2D eigenvalue weighted by Gasteiger charge is -2.18. The number of ether oxygens (including phenoxy) is 3. The molecule has 1 aliphatic heterocycles. The molecule has 0 atom stereocenters. The van der Waals surface area contributed by atoms with Crippen molar-refractivity contribution in [3.05, 3.63) is 53.5 Å². The number of nitrogens with one attached hydrogen (secondary N) is 1. The molecule has 4 rings (SSSR count). The van der Waals surface area contributed by atoms with Crippen molar-refractivity contribution < 1.29 is 19.0 Å². The molecule has 0 unspecified atom stereocenters. The van der Waals surface area contributed by atoms with Crippen LogP contribution in [0.5, 0.6) is 17.2 Å². The van der Waals surface area contributed by atoms with Gasteiger partial charge in [-0.05, 0) is 24.3 Å². The van der Waals surface area contributed by atoms with Crippen LogP contribution in [0.15, 0.2) is 47.8 Å². The minimum atomic E-state index is -0.130. The molecule has 7 heteroatoms. The first kappa shape index (κ1) is 17.4. The topological polar surface area (TPSA) is 69.7 Å². The molecule has 0 fully saturated rings. The molecule has 0 aliphatic carbocycles. The normalized spacial score (nSPS) is 12.5. The Kier molecular flexibility index (Phi) is 4.93. The van der Waals surface area contributed by atoms with Gasteiger partial charge in [-0.2, -0.15) is 0 Å². The molecular weight excluding hydrogens is 364 g/mol. The number of fused-ring (bicyclic) bond motifs is 1. The fourth-order valence-corrected chi connectivity index (χ4v) is 3.58. The summed E-state index contributed by atoms with van der Waals surface area (Å²) in [4.78, 5) is 16.9. The third kappa shape index (κ3) is 4.03. The molecule has 0 saturated carbocycles. The summed E-state index contributed by atoms with van der Waals surface area (Å²) in [6, 6.07) is 13.1. The van der Waals surface area contributed by atoms with E-state index < -0.39 is 0 Å². The molecule has 2 heterocycles. The number of anilines is 1. The van der Waals surface area contributed by atoms with Gasteiger partial charge in [0, 0.05) is 22.7 Å². The zero-order valence-corrected chi connectivity index (χ0v) is 15.5. The Hall–Kier alpha value is -3.06. The molecule has 2 aromatic carbocycles. The smallest absolute Gasteiger partial charge is 0.230 e. The Balaban J connectivity index is 1.42. The highest BCUT2D eigenvalue weighted by Gasteiger charge is 2.14. The number of nitrogens with zero attached hydrogens (tertiary/aromatic N) is 1. The van der Waals surface area contributed by atoms with Gasteiger partial charge in [-0.15, -0.1) is 11.3 Å². The monoisotopic (exact) mass is 382 g/mol. The summed E-state index contributed by atoms with van der Waals surface area (Å²) < 4.78 is 16.3. The number of rotatable bonds is 5. The van der Waals surface area contributed by atoms with Gasteiger partial charge < -0.3 is 19.5 Å². The first-order chi connectivity index (χ1) is 13.2. The van der Waals surface area contributed by atoms with Crippen molar-refractivity contribution in [2.75, 3.05) is 25.6 Å². The number of hydrogen-bond donors (Lipinski definition) is 1. The molecule has 0 bridgehead atoms. The second-order valence-corrected chi connectivity index (χ2v) is 6.82. The summed E-state index contributed by atoms with van der Waals surface area (Å²) >= 11 is 1.51. The molecular formula is C20H18N2O4S. The van der Waals surface area contributed by atoms with Crippen LogP contribution in [-0.4, -0.2) is 31.2 Å². The fraction of sp³-hybridized carbons (Fsp3) is 0.200. The summed E-state index contributed by atoms with van der Waals surface area (Å²) in [6.07, 6.45) is 0.203. The Bertz CT molecular complexity index is 970.